The standard InChI is InChI=1S/C63H108O6/c1-4-7-10-13-16-19-22-25-28-31-34-37-40-43-46-49-52-55-61(64)67-58-60(69-63(66)57-54-51-48-45-42-39-36-33-30-27-24-21-18-15-12-9-6-3)59-68-62(65)56-53-50-47-44-41-38-35-32-29-26-23-20-17-14-11-8-5-2/h25-30,34,36-37,39,43,45-46,48,60H,4-24,31-33,35,38,40-42,44,47,49-59H2,1-3H3/b28-25-,29-26-,30-27-,37-34-,39-36-,46-43-,48-45-/t60-/m1/s1. The molecule has 1 atom stereocenters. The molecule has 0 unspecified atom stereocenters. The van der Waals surface area contributed by atoms with E-state index in [1.165, 1.54) is 167 Å². The molecule has 0 fully saturated rings. The Hall–Kier alpha value is -3.41. The molecule has 0 saturated carbocycles. The van der Waals surface area contributed by atoms with Crippen molar-refractivity contribution in [3.8, 4) is 0 Å². The molecule has 6 heteroatoms. The molecule has 0 aliphatic carbocycles. The molecule has 0 aliphatic heterocycles. The summed E-state index contributed by atoms with van der Waals surface area (Å²) < 4.78 is 16.8. The van der Waals surface area contributed by atoms with E-state index in [1.807, 2.05) is 0 Å². The first kappa shape index (κ1) is 65.6. The maximum Gasteiger partial charge on any atom is 0.306 e. The van der Waals surface area contributed by atoms with Gasteiger partial charge in [0, 0.05) is 19.3 Å². The fourth-order valence-electron chi connectivity index (χ4n) is 7.94. The van der Waals surface area contributed by atoms with E-state index >= 15 is 0 Å². The Kier molecular flexibility index (Phi) is 54.3. The van der Waals surface area contributed by atoms with Crippen molar-refractivity contribution < 1.29 is 28.6 Å². The average molecular weight is 962 g/mol. The predicted molar refractivity (Wildman–Crippen MR) is 297 cm³/mol. The zero-order chi connectivity index (χ0) is 50.0. The van der Waals surface area contributed by atoms with E-state index in [-0.39, 0.29) is 44.0 Å². The summed E-state index contributed by atoms with van der Waals surface area (Å²) >= 11 is 0. The summed E-state index contributed by atoms with van der Waals surface area (Å²) in [5.74, 6) is -1.02. The van der Waals surface area contributed by atoms with Crippen LogP contribution in [0, 0.1) is 0 Å². The summed E-state index contributed by atoms with van der Waals surface area (Å²) in [5, 5.41) is 0. The molecule has 0 amide bonds. The SMILES string of the molecule is CCCCCCCC/C=C\C/C=C\C/C=C\CCCC(=O)OC[C@H](COC(=O)CCCCCCCCC/C=C\CCCCCCCC)OC(=O)CCC/C=C\C/C=C\C/C=C\CCCCCCCC. The summed E-state index contributed by atoms with van der Waals surface area (Å²) in [4.78, 5) is 38.1. The van der Waals surface area contributed by atoms with Crippen LogP contribution in [0.5, 0.6) is 0 Å². The molecule has 0 saturated heterocycles. The van der Waals surface area contributed by atoms with Crippen LogP contribution in [0.3, 0.4) is 0 Å². The Balaban J connectivity index is 4.53. The maximum absolute atomic E-state index is 12.8. The molecule has 0 rings (SSSR count). The molecule has 396 valence electrons. The molecule has 0 N–H and O–H groups in total. The van der Waals surface area contributed by atoms with Crippen molar-refractivity contribution >= 4 is 17.9 Å². The van der Waals surface area contributed by atoms with Crippen molar-refractivity contribution in [3.05, 3.63) is 85.1 Å². The zero-order valence-electron chi connectivity index (χ0n) is 45.3. The third-order valence-electron chi connectivity index (χ3n) is 12.3. The van der Waals surface area contributed by atoms with Crippen molar-refractivity contribution in [3.63, 3.8) is 0 Å². The van der Waals surface area contributed by atoms with Crippen LogP contribution in [0.15, 0.2) is 85.1 Å². The highest BCUT2D eigenvalue weighted by atomic mass is 16.6. The molecule has 69 heavy (non-hydrogen) atoms. The van der Waals surface area contributed by atoms with Crippen molar-refractivity contribution in [2.45, 2.75) is 284 Å². The van der Waals surface area contributed by atoms with Crippen LogP contribution in [0.4, 0.5) is 0 Å². The predicted octanol–water partition coefficient (Wildman–Crippen LogP) is 19.5. The number of ether oxygens (including phenoxy) is 3. The van der Waals surface area contributed by atoms with Crippen LogP contribution in [-0.4, -0.2) is 37.2 Å². The van der Waals surface area contributed by atoms with E-state index in [0.29, 0.717) is 19.3 Å². The number of unbranched alkanes of at least 4 members (excludes halogenated alkanes) is 27. The van der Waals surface area contributed by atoms with E-state index < -0.39 is 6.10 Å². The molecule has 0 bridgehead atoms. The normalized spacial score (nSPS) is 12.7. The van der Waals surface area contributed by atoms with Crippen LogP contribution < -0.4 is 0 Å². The van der Waals surface area contributed by atoms with Gasteiger partial charge in [-0.05, 0) is 109 Å². The van der Waals surface area contributed by atoms with E-state index in [1.54, 1.807) is 0 Å². The first-order valence-electron chi connectivity index (χ1n) is 29.1. The number of hydrogen-bond acceptors (Lipinski definition) is 6. The Bertz CT molecular complexity index is 1330. The van der Waals surface area contributed by atoms with Crippen molar-refractivity contribution in [2.75, 3.05) is 13.2 Å². The van der Waals surface area contributed by atoms with Gasteiger partial charge in [0.1, 0.15) is 13.2 Å². The quantitative estimate of drug-likeness (QED) is 0.0262. The van der Waals surface area contributed by atoms with Gasteiger partial charge in [0.15, 0.2) is 6.10 Å². The Morgan fingerprint density at radius 2 is 0.536 bits per heavy atom. The monoisotopic (exact) mass is 961 g/mol. The summed E-state index contributed by atoms with van der Waals surface area (Å²) in [6, 6.07) is 0. The number of rotatable bonds is 52. The van der Waals surface area contributed by atoms with Gasteiger partial charge in [0.2, 0.25) is 0 Å². The lowest BCUT2D eigenvalue weighted by molar-refractivity contribution is -0.167. The van der Waals surface area contributed by atoms with Gasteiger partial charge in [-0.1, -0.05) is 234 Å². The third kappa shape index (κ3) is 55.4. The van der Waals surface area contributed by atoms with Crippen LogP contribution in [0.25, 0.3) is 0 Å². The van der Waals surface area contributed by atoms with Gasteiger partial charge >= 0.3 is 17.9 Å². The Labute approximate surface area is 426 Å². The molecule has 0 aliphatic rings. The Morgan fingerprint density at radius 1 is 0.290 bits per heavy atom. The Morgan fingerprint density at radius 3 is 0.884 bits per heavy atom. The van der Waals surface area contributed by atoms with Crippen LogP contribution in [-0.2, 0) is 28.6 Å². The maximum atomic E-state index is 12.8. The van der Waals surface area contributed by atoms with Crippen LogP contribution in [0.1, 0.15) is 278 Å². The molecule has 0 aromatic rings. The minimum Gasteiger partial charge on any atom is -0.462 e. The van der Waals surface area contributed by atoms with E-state index in [4.69, 9.17) is 14.2 Å². The van der Waals surface area contributed by atoms with Gasteiger partial charge in [-0.25, -0.2) is 0 Å². The lowest BCUT2D eigenvalue weighted by Gasteiger charge is -2.18. The molecule has 0 spiro atoms. The topological polar surface area (TPSA) is 78.9 Å². The summed E-state index contributed by atoms with van der Waals surface area (Å²) in [6.07, 6.45) is 74.4. The first-order chi connectivity index (χ1) is 34.0. The van der Waals surface area contributed by atoms with Crippen molar-refractivity contribution in [1.29, 1.82) is 0 Å². The second kappa shape index (κ2) is 57.2. The largest absolute Gasteiger partial charge is 0.462 e. The highest BCUT2D eigenvalue weighted by Crippen LogP contribution is 2.14. The van der Waals surface area contributed by atoms with E-state index in [2.05, 4.69) is 106 Å². The summed E-state index contributed by atoms with van der Waals surface area (Å²) in [7, 11) is 0. The van der Waals surface area contributed by atoms with Gasteiger partial charge in [0.05, 0.1) is 0 Å². The number of esters is 3. The summed E-state index contributed by atoms with van der Waals surface area (Å²) in [6.45, 7) is 6.55. The van der Waals surface area contributed by atoms with Crippen molar-refractivity contribution in [2.24, 2.45) is 0 Å². The molecule has 0 aromatic carbocycles. The lowest BCUT2D eigenvalue weighted by Crippen LogP contribution is -2.30. The number of carbonyl (C=O) groups excluding carboxylic acids is 3. The minimum atomic E-state index is -0.826. The lowest BCUT2D eigenvalue weighted by atomic mass is 10.1. The molecule has 0 radical (unpaired) electrons. The first-order valence-corrected chi connectivity index (χ1v) is 29.1. The number of carbonyl (C=O) groups is 3. The van der Waals surface area contributed by atoms with Crippen molar-refractivity contribution in [1.82, 2.24) is 0 Å². The van der Waals surface area contributed by atoms with Gasteiger partial charge in [-0.3, -0.25) is 14.4 Å². The van der Waals surface area contributed by atoms with Gasteiger partial charge in [0.25, 0.3) is 0 Å². The molecule has 6 nitrogen and oxygen atoms in total. The number of allylic oxidation sites excluding steroid dienone is 14. The highest BCUT2D eigenvalue weighted by Gasteiger charge is 2.19. The zero-order valence-corrected chi connectivity index (χ0v) is 45.3. The second-order valence-corrected chi connectivity index (χ2v) is 19.2. The fraction of sp³-hybridized carbons (Fsp3) is 0.730. The molecular formula is C63H108O6. The smallest absolute Gasteiger partial charge is 0.306 e. The van der Waals surface area contributed by atoms with Gasteiger partial charge in [-0.15, -0.1) is 0 Å². The fourth-order valence-corrected chi connectivity index (χ4v) is 7.94. The van der Waals surface area contributed by atoms with Crippen LogP contribution in [0.2, 0.25) is 0 Å². The van der Waals surface area contributed by atoms with Gasteiger partial charge in [-0.2, -0.15) is 0 Å². The minimum absolute atomic E-state index is 0.114. The van der Waals surface area contributed by atoms with Crippen LogP contribution >= 0.6 is 0 Å². The highest BCUT2D eigenvalue weighted by molar-refractivity contribution is 5.71. The molecule has 0 heterocycles. The average Bonchev–Trinajstić information content (AvgIpc) is 3.35. The van der Waals surface area contributed by atoms with E-state index in [9.17, 15) is 14.4 Å². The van der Waals surface area contributed by atoms with E-state index in [0.717, 1.165) is 57.8 Å². The second-order valence-electron chi connectivity index (χ2n) is 19.2. The molecular weight excluding hydrogens is 853 g/mol. The number of hydrogen-bond donors (Lipinski definition) is 0. The third-order valence-corrected chi connectivity index (χ3v) is 12.3. The molecule has 0 aromatic heterocycles. The van der Waals surface area contributed by atoms with Gasteiger partial charge < -0.3 is 14.2 Å². The summed E-state index contributed by atoms with van der Waals surface area (Å²) in [5.41, 5.74) is 0.